The number of H-pyrrole nitrogens is 1. The molecule has 2 aromatic heterocycles. The van der Waals surface area contributed by atoms with Crippen molar-refractivity contribution < 1.29 is 9.53 Å². The number of hydrogen-bond acceptors (Lipinski definition) is 4. The maximum absolute atomic E-state index is 12.6. The number of methoxy groups -OCH3 is 1. The summed E-state index contributed by atoms with van der Waals surface area (Å²) in [4.78, 5) is 24.8. The number of carbonyl (C=O) groups excluding carboxylic acids is 1. The Morgan fingerprint density at radius 3 is 2.79 bits per heavy atom. The summed E-state index contributed by atoms with van der Waals surface area (Å²) in [5.74, 6) is 0.0494. The molecule has 1 N–H and O–H groups in total. The van der Waals surface area contributed by atoms with Crippen LogP contribution < -0.4 is 0 Å². The first kappa shape index (κ1) is 16.3. The fraction of sp³-hybridized carbons (Fsp3) is 0.316. The van der Waals surface area contributed by atoms with Crippen LogP contribution >= 0.6 is 0 Å². The number of aromatic amines is 1. The smallest absolute Gasteiger partial charge is 0.171 e. The van der Waals surface area contributed by atoms with E-state index in [1.807, 2.05) is 45.0 Å². The van der Waals surface area contributed by atoms with Crippen molar-refractivity contribution in [1.29, 1.82) is 0 Å². The van der Waals surface area contributed by atoms with Crippen molar-refractivity contribution in [2.75, 3.05) is 7.11 Å². The molecule has 0 amide bonds. The third-order valence-corrected chi connectivity index (χ3v) is 3.84. The normalized spacial score (nSPS) is 11.8. The predicted molar refractivity (Wildman–Crippen MR) is 93.8 cm³/mol. The molecule has 0 spiro atoms. The van der Waals surface area contributed by atoms with Crippen LogP contribution in [-0.4, -0.2) is 27.8 Å². The van der Waals surface area contributed by atoms with Crippen LogP contribution in [0.25, 0.3) is 22.4 Å². The Morgan fingerprint density at radius 1 is 1.29 bits per heavy atom. The molecule has 124 valence electrons. The van der Waals surface area contributed by atoms with Crippen molar-refractivity contribution in [3.8, 4) is 11.3 Å². The summed E-state index contributed by atoms with van der Waals surface area (Å²) < 4.78 is 5.18. The summed E-state index contributed by atoms with van der Waals surface area (Å²) >= 11 is 0. The molecule has 3 aromatic rings. The van der Waals surface area contributed by atoms with Crippen molar-refractivity contribution in [2.24, 2.45) is 5.41 Å². The van der Waals surface area contributed by atoms with Crippen LogP contribution in [0.15, 0.2) is 36.7 Å². The summed E-state index contributed by atoms with van der Waals surface area (Å²) in [6, 6.07) is 7.97. The standard InChI is InChI=1S/C19H21N3O2/c1-19(2,3)17(23)14-9-20-18-16(14)22-15(10-21-18)13-7-5-6-12(8-13)11-24-4/h5-10H,11H2,1-4H3,(H,20,21). The maximum Gasteiger partial charge on any atom is 0.171 e. The predicted octanol–water partition coefficient (Wildman–Crippen LogP) is 4.00. The lowest BCUT2D eigenvalue weighted by Gasteiger charge is -2.15. The van der Waals surface area contributed by atoms with Gasteiger partial charge in [-0.1, -0.05) is 39.0 Å². The number of nitrogens with one attached hydrogen (secondary N) is 1. The molecule has 0 unspecified atom stereocenters. The molecule has 0 bridgehead atoms. The second kappa shape index (κ2) is 6.17. The molecule has 3 rings (SSSR count). The topological polar surface area (TPSA) is 67.9 Å². The van der Waals surface area contributed by atoms with Gasteiger partial charge in [0.05, 0.1) is 24.1 Å². The number of benzene rings is 1. The maximum atomic E-state index is 12.6. The van der Waals surface area contributed by atoms with Crippen LogP contribution in [0.1, 0.15) is 36.7 Å². The average molecular weight is 323 g/mol. The quantitative estimate of drug-likeness (QED) is 0.737. The molecular weight excluding hydrogens is 302 g/mol. The van der Waals surface area contributed by atoms with Gasteiger partial charge in [0.15, 0.2) is 11.4 Å². The molecule has 0 aliphatic heterocycles. The van der Waals surface area contributed by atoms with Gasteiger partial charge >= 0.3 is 0 Å². The van der Waals surface area contributed by atoms with Crippen LogP contribution in [0, 0.1) is 5.41 Å². The average Bonchev–Trinajstić information content (AvgIpc) is 2.96. The van der Waals surface area contributed by atoms with Crippen molar-refractivity contribution in [1.82, 2.24) is 15.0 Å². The number of hydrogen-bond donors (Lipinski definition) is 1. The highest BCUT2D eigenvalue weighted by molar-refractivity contribution is 6.08. The summed E-state index contributed by atoms with van der Waals surface area (Å²) in [5.41, 5.74) is 4.11. The third-order valence-electron chi connectivity index (χ3n) is 3.84. The van der Waals surface area contributed by atoms with Gasteiger partial charge in [0.2, 0.25) is 0 Å². The summed E-state index contributed by atoms with van der Waals surface area (Å²) in [6.07, 6.45) is 3.42. The number of ketones is 1. The van der Waals surface area contributed by atoms with Gasteiger partial charge in [0, 0.05) is 24.3 Å². The van der Waals surface area contributed by atoms with E-state index in [1.54, 1.807) is 19.5 Å². The number of ether oxygens (including phenoxy) is 1. The molecule has 24 heavy (non-hydrogen) atoms. The van der Waals surface area contributed by atoms with E-state index in [-0.39, 0.29) is 5.78 Å². The van der Waals surface area contributed by atoms with E-state index < -0.39 is 5.41 Å². The number of Topliss-reactive ketones (excluding diaryl/α,β-unsaturated/α-hetero) is 1. The second-order valence-corrected chi connectivity index (χ2v) is 6.87. The third kappa shape index (κ3) is 3.08. The molecule has 0 fully saturated rings. The largest absolute Gasteiger partial charge is 0.380 e. The summed E-state index contributed by atoms with van der Waals surface area (Å²) in [6.45, 7) is 6.25. The minimum atomic E-state index is -0.467. The van der Waals surface area contributed by atoms with Crippen molar-refractivity contribution in [3.63, 3.8) is 0 Å². The number of nitrogens with zero attached hydrogens (tertiary/aromatic N) is 2. The van der Waals surface area contributed by atoms with Gasteiger partial charge in [0.1, 0.15) is 5.52 Å². The lowest BCUT2D eigenvalue weighted by Crippen LogP contribution is -2.20. The van der Waals surface area contributed by atoms with Gasteiger partial charge in [0.25, 0.3) is 0 Å². The molecule has 2 heterocycles. The van der Waals surface area contributed by atoms with E-state index in [0.29, 0.717) is 23.3 Å². The highest BCUT2D eigenvalue weighted by atomic mass is 16.5. The van der Waals surface area contributed by atoms with Crippen LogP contribution in [0.5, 0.6) is 0 Å². The van der Waals surface area contributed by atoms with Crippen LogP contribution in [0.2, 0.25) is 0 Å². The molecular formula is C19H21N3O2. The van der Waals surface area contributed by atoms with Crippen LogP contribution in [0.4, 0.5) is 0 Å². The number of carbonyl (C=O) groups is 1. The van der Waals surface area contributed by atoms with Crippen molar-refractivity contribution in [2.45, 2.75) is 27.4 Å². The van der Waals surface area contributed by atoms with Gasteiger partial charge in [-0.15, -0.1) is 0 Å². The minimum Gasteiger partial charge on any atom is -0.380 e. The summed E-state index contributed by atoms with van der Waals surface area (Å²) in [7, 11) is 1.67. The molecule has 5 nitrogen and oxygen atoms in total. The molecule has 1 aromatic carbocycles. The van der Waals surface area contributed by atoms with Gasteiger partial charge in [-0.05, 0) is 11.6 Å². The number of fused-ring (bicyclic) bond motifs is 1. The first-order chi connectivity index (χ1) is 11.4. The van der Waals surface area contributed by atoms with E-state index in [2.05, 4.69) is 15.0 Å². The Morgan fingerprint density at radius 2 is 2.08 bits per heavy atom. The van der Waals surface area contributed by atoms with Gasteiger partial charge in [-0.25, -0.2) is 9.97 Å². The molecule has 0 radical (unpaired) electrons. The lowest BCUT2D eigenvalue weighted by atomic mass is 9.87. The zero-order valence-corrected chi connectivity index (χ0v) is 14.4. The SMILES string of the molecule is COCc1cccc(-c2cnc3[nH]cc(C(=O)C(C)(C)C)c3n2)c1. The molecule has 0 aliphatic rings. The van der Waals surface area contributed by atoms with E-state index in [9.17, 15) is 4.79 Å². The Labute approximate surface area is 141 Å². The zero-order valence-electron chi connectivity index (χ0n) is 14.4. The van der Waals surface area contributed by atoms with Crippen LogP contribution in [0.3, 0.4) is 0 Å². The molecule has 0 saturated heterocycles. The first-order valence-corrected chi connectivity index (χ1v) is 7.87. The van der Waals surface area contributed by atoms with Crippen molar-refractivity contribution in [3.05, 3.63) is 47.8 Å². The Balaban J connectivity index is 2.08. The van der Waals surface area contributed by atoms with Gasteiger partial charge in [-0.3, -0.25) is 4.79 Å². The van der Waals surface area contributed by atoms with E-state index in [4.69, 9.17) is 4.74 Å². The lowest BCUT2D eigenvalue weighted by molar-refractivity contribution is 0.0860. The van der Waals surface area contributed by atoms with E-state index >= 15 is 0 Å². The highest BCUT2D eigenvalue weighted by Gasteiger charge is 2.26. The van der Waals surface area contributed by atoms with Gasteiger partial charge < -0.3 is 9.72 Å². The summed E-state index contributed by atoms with van der Waals surface area (Å²) in [5, 5.41) is 0. The fourth-order valence-electron chi connectivity index (χ4n) is 2.59. The number of aromatic nitrogens is 3. The molecule has 0 atom stereocenters. The highest BCUT2D eigenvalue weighted by Crippen LogP contribution is 2.27. The Bertz CT molecular complexity index is 891. The van der Waals surface area contributed by atoms with E-state index in [0.717, 1.165) is 16.8 Å². The molecule has 0 saturated carbocycles. The second-order valence-electron chi connectivity index (χ2n) is 6.87. The monoisotopic (exact) mass is 323 g/mol. The fourth-order valence-corrected chi connectivity index (χ4v) is 2.59. The van der Waals surface area contributed by atoms with E-state index in [1.165, 1.54) is 0 Å². The minimum absolute atomic E-state index is 0.0494. The Hall–Kier alpha value is -2.53. The number of rotatable bonds is 4. The zero-order chi connectivity index (χ0) is 17.3. The molecule has 0 aliphatic carbocycles. The Kier molecular flexibility index (Phi) is 4.20. The van der Waals surface area contributed by atoms with Crippen LogP contribution in [-0.2, 0) is 11.3 Å². The van der Waals surface area contributed by atoms with Crippen molar-refractivity contribution >= 4 is 16.9 Å². The molecule has 5 heteroatoms. The van der Waals surface area contributed by atoms with Gasteiger partial charge in [-0.2, -0.15) is 0 Å². The first-order valence-electron chi connectivity index (χ1n) is 7.87.